The topological polar surface area (TPSA) is 314 Å². The van der Waals surface area contributed by atoms with Gasteiger partial charge in [0.1, 0.15) is 60.8 Å². The lowest BCUT2D eigenvalue weighted by Crippen LogP contribution is -2.47. The van der Waals surface area contributed by atoms with Gasteiger partial charge in [-0.2, -0.15) is 0 Å². The number of benzene rings is 3. The Hall–Kier alpha value is -3.63. The first kappa shape index (κ1) is 55.4. The molecule has 0 unspecified atom stereocenters. The van der Waals surface area contributed by atoms with Crippen molar-refractivity contribution in [2.45, 2.75) is 139 Å². The SMILES string of the molecule is CC[C@@H](O)[C@@H](O)[C@H](O)[C@@H](O)C(=O)Cc1ccc(CO)cc1.CC[C@@H](O)[C@@H](O)[C@H](O)[C@@H](O)C(=O)Cc1ccc(Cl)cc1.CC[C@@H](O)[C@@H](O)[C@H](O)[C@@H](O)C(=O)Cc1ccccc1F. The molecule has 0 fully saturated rings. The van der Waals surface area contributed by atoms with E-state index in [1.807, 2.05) is 0 Å². The van der Waals surface area contributed by atoms with Crippen molar-refractivity contribution >= 4 is 29.0 Å². The fraction of sp³-hybridized carbons (Fsp3) is 0.512. The monoisotopic (exact) mass is 886 g/mol. The molecule has 0 aliphatic heterocycles. The van der Waals surface area contributed by atoms with Crippen LogP contribution in [0.15, 0.2) is 72.8 Å². The van der Waals surface area contributed by atoms with Gasteiger partial charge in [0.2, 0.25) is 0 Å². The summed E-state index contributed by atoms with van der Waals surface area (Å²) in [7, 11) is 0. The predicted molar refractivity (Wildman–Crippen MR) is 219 cm³/mol. The molecule has 0 saturated heterocycles. The molecule has 0 spiro atoms. The van der Waals surface area contributed by atoms with Gasteiger partial charge in [0.15, 0.2) is 17.3 Å². The van der Waals surface area contributed by atoms with Crippen molar-refractivity contribution in [2.75, 3.05) is 0 Å². The maximum atomic E-state index is 13.4. The first-order valence-electron chi connectivity index (χ1n) is 19.6. The molecule has 0 aliphatic carbocycles. The van der Waals surface area contributed by atoms with E-state index in [0.29, 0.717) is 21.7 Å². The molecule has 3 aromatic rings. The van der Waals surface area contributed by atoms with E-state index in [9.17, 15) is 80.1 Å². The van der Waals surface area contributed by atoms with Crippen LogP contribution in [0, 0.1) is 5.82 Å². The second-order valence-corrected chi connectivity index (χ2v) is 14.8. The Kier molecular flexibility index (Phi) is 25.5. The van der Waals surface area contributed by atoms with Crippen LogP contribution in [0.25, 0.3) is 0 Å². The highest BCUT2D eigenvalue weighted by atomic mass is 35.5. The van der Waals surface area contributed by atoms with Gasteiger partial charge in [-0.3, -0.25) is 14.4 Å². The quantitative estimate of drug-likeness (QED) is 0.0590. The summed E-state index contributed by atoms with van der Waals surface area (Å²) in [4.78, 5) is 35.4. The van der Waals surface area contributed by atoms with Gasteiger partial charge in [-0.1, -0.05) is 87.0 Å². The van der Waals surface area contributed by atoms with Crippen LogP contribution >= 0.6 is 11.6 Å². The van der Waals surface area contributed by atoms with Crippen molar-refractivity contribution in [3.05, 3.63) is 106 Å². The number of hydrogen-bond donors (Lipinski definition) is 13. The molecule has 12 atom stereocenters. The Morgan fingerprint density at radius 1 is 0.475 bits per heavy atom. The van der Waals surface area contributed by atoms with Gasteiger partial charge in [0.05, 0.1) is 24.9 Å². The number of rotatable bonds is 22. The lowest BCUT2D eigenvalue weighted by Gasteiger charge is -2.25. The molecule has 0 aromatic heterocycles. The molecule has 0 amide bonds. The van der Waals surface area contributed by atoms with Crippen LogP contribution < -0.4 is 0 Å². The number of Topliss-reactive ketones (excluding diaryl/α,β-unsaturated/α-hetero) is 3. The Labute approximate surface area is 358 Å². The van der Waals surface area contributed by atoms with E-state index in [-0.39, 0.29) is 44.3 Å². The standard InChI is InChI=1S/C15H22O6.C14H19ClO5.C14H19FO5/c1-2-11(17)13(19)15(21)14(20)12(18)7-9-3-5-10(8-16)6-4-9;1-2-10(16)12(18)14(20)13(19)11(17)7-8-3-5-9(15)6-4-8;1-2-10(16)12(18)14(20)13(19)11(17)7-8-5-3-4-6-9(8)15/h3-6,11,13-17,19-21H,2,7-8H2,1H3;2*3-6,10,12-14,16,18-20H,2,7H2,1H3/t11-,13-,14+,15+;2*10-,12-,13+,14+/m111/s1. The number of aliphatic hydroxyl groups excluding tert-OH is 13. The van der Waals surface area contributed by atoms with Crippen LogP contribution in [0.2, 0.25) is 5.02 Å². The van der Waals surface area contributed by atoms with Crippen molar-refractivity contribution in [1.82, 2.24) is 0 Å². The van der Waals surface area contributed by atoms with E-state index in [2.05, 4.69) is 0 Å². The number of ketones is 3. The summed E-state index contributed by atoms with van der Waals surface area (Å²) in [5.74, 6) is -2.70. The van der Waals surface area contributed by atoms with Crippen molar-refractivity contribution in [3.63, 3.8) is 0 Å². The first-order chi connectivity index (χ1) is 28.6. The van der Waals surface area contributed by atoms with E-state index in [4.69, 9.17) is 16.7 Å². The van der Waals surface area contributed by atoms with Gasteiger partial charge in [-0.15, -0.1) is 0 Å². The molecule has 3 aromatic carbocycles. The Morgan fingerprint density at radius 3 is 1.11 bits per heavy atom. The molecule has 61 heavy (non-hydrogen) atoms. The zero-order valence-corrected chi connectivity index (χ0v) is 34.9. The third kappa shape index (κ3) is 18.3. The molecule has 0 radical (unpaired) electrons. The van der Waals surface area contributed by atoms with E-state index < -0.39 is 103 Å². The average Bonchev–Trinajstić information content (AvgIpc) is 3.27. The molecule has 18 heteroatoms. The maximum Gasteiger partial charge on any atom is 0.168 e. The van der Waals surface area contributed by atoms with Gasteiger partial charge in [0, 0.05) is 24.3 Å². The van der Waals surface area contributed by atoms with Gasteiger partial charge < -0.3 is 66.4 Å². The molecular weight excluding hydrogens is 827 g/mol. The summed E-state index contributed by atoms with van der Waals surface area (Å²) in [5.41, 5.74) is 2.05. The highest BCUT2D eigenvalue weighted by Gasteiger charge is 2.35. The summed E-state index contributed by atoms with van der Waals surface area (Å²) in [6.45, 7) is 4.70. The predicted octanol–water partition coefficient (Wildman–Crippen LogP) is -0.760. The van der Waals surface area contributed by atoms with Crippen molar-refractivity contribution in [3.8, 4) is 0 Å². The van der Waals surface area contributed by atoms with Crippen LogP contribution in [0.1, 0.15) is 62.3 Å². The maximum absolute atomic E-state index is 13.4. The molecule has 0 heterocycles. The second kappa shape index (κ2) is 28.1. The lowest BCUT2D eigenvalue weighted by atomic mass is 9.95. The van der Waals surface area contributed by atoms with Crippen molar-refractivity contribution < 1.29 is 85.2 Å². The number of hydrogen-bond acceptors (Lipinski definition) is 16. The smallest absolute Gasteiger partial charge is 0.168 e. The minimum Gasteiger partial charge on any atom is -0.392 e. The van der Waals surface area contributed by atoms with E-state index >= 15 is 0 Å². The number of carbonyl (C=O) groups excluding carboxylic acids is 3. The zero-order chi connectivity index (χ0) is 46.6. The van der Waals surface area contributed by atoms with Crippen LogP contribution in [0.3, 0.4) is 0 Å². The molecule has 342 valence electrons. The van der Waals surface area contributed by atoms with Crippen LogP contribution in [0.4, 0.5) is 4.39 Å². The number of halogens is 2. The minimum atomic E-state index is -1.88. The van der Waals surface area contributed by atoms with Gasteiger partial charge >= 0.3 is 0 Å². The van der Waals surface area contributed by atoms with E-state index in [1.54, 1.807) is 75.4 Å². The third-order valence-corrected chi connectivity index (χ3v) is 9.90. The van der Waals surface area contributed by atoms with E-state index in [0.717, 1.165) is 0 Å². The fourth-order valence-corrected chi connectivity index (χ4v) is 5.58. The molecule has 16 nitrogen and oxygen atoms in total. The van der Waals surface area contributed by atoms with Crippen LogP contribution in [-0.2, 0) is 40.3 Å². The number of carbonyl (C=O) groups is 3. The highest BCUT2D eigenvalue weighted by Crippen LogP contribution is 2.16. The largest absolute Gasteiger partial charge is 0.392 e. The van der Waals surface area contributed by atoms with Gasteiger partial charge in [0.25, 0.3) is 0 Å². The summed E-state index contributed by atoms with van der Waals surface area (Å²) >= 11 is 5.72. The third-order valence-electron chi connectivity index (χ3n) is 9.65. The Balaban J connectivity index is 0.000000458. The zero-order valence-electron chi connectivity index (χ0n) is 34.1. The van der Waals surface area contributed by atoms with Crippen molar-refractivity contribution in [2.24, 2.45) is 0 Å². The summed E-state index contributed by atoms with van der Waals surface area (Å²) in [6, 6.07) is 18.7. The molecule has 0 saturated carbocycles. The highest BCUT2D eigenvalue weighted by molar-refractivity contribution is 6.30. The molecule has 3 rings (SSSR count). The number of aliphatic hydroxyl groups is 13. The normalized spacial score (nSPS) is 17.2. The van der Waals surface area contributed by atoms with Gasteiger partial charge in [-0.05, 0) is 59.7 Å². The summed E-state index contributed by atoms with van der Waals surface area (Å²) in [6.07, 6.45) is -19.1. The minimum absolute atomic E-state index is 0.0919. The fourth-order valence-electron chi connectivity index (χ4n) is 5.45. The molecular formula is C43H60ClFO16. The Morgan fingerprint density at radius 2 is 0.787 bits per heavy atom. The summed E-state index contributed by atoms with van der Waals surface area (Å²) in [5, 5.41) is 125. The summed E-state index contributed by atoms with van der Waals surface area (Å²) < 4.78 is 13.4. The lowest BCUT2D eigenvalue weighted by molar-refractivity contribution is -0.144. The van der Waals surface area contributed by atoms with Gasteiger partial charge in [-0.25, -0.2) is 4.39 Å². The second-order valence-electron chi connectivity index (χ2n) is 14.3. The first-order valence-corrected chi connectivity index (χ1v) is 19.9. The average molecular weight is 887 g/mol. The van der Waals surface area contributed by atoms with Crippen molar-refractivity contribution in [1.29, 1.82) is 0 Å². The Bertz CT molecular complexity index is 1730. The van der Waals surface area contributed by atoms with Crippen LogP contribution in [-0.4, -0.2) is 157 Å². The molecule has 0 bridgehead atoms. The van der Waals surface area contributed by atoms with E-state index in [1.165, 1.54) is 18.2 Å². The molecule has 0 aliphatic rings. The van der Waals surface area contributed by atoms with Crippen LogP contribution in [0.5, 0.6) is 0 Å². The molecule has 13 N–H and O–H groups in total.